The van der Waals surface area contributed by atoms with Gasteiger partial charge in [-0.15, -0.1) is 24.0 Å². The first-order valence-corrected chi connectivity index (χ1v) is 9.85. The van der Waals surface area contributed by atoms with Crippen LogP contribution in [0.15, 0.2) is 4.99 Å². The maximum atomic E-state index is 12.6. The number of rotatable bonds is 6. The zero-order chi connectivity index (χ0) is 18.3. The third kappa shape index (κ3) is 6.55. The molecule has 0 bridgehead atoms. The van der Waals surface area contributed by atoms with Crippen molar-refractivity contribution in [3.8, 4) is 0 Å². The average molecular weight is 479 g/mol. The van der Waals surface area contributed by atoms with Gasteiger partial charge in [-0.1, -0.05) is 19.8 Å². The van der Waals surface area contributed by atoms with E-state index >= 15 is 0 Å². The van der Waals surface area contributed by atoms with Crippen LogP contribution >= 0.6 is 24.0 Å². The van der Waals surface area contributed by atoms with Crippen molar-refractivity contribution in [2.45, 2.75) is 45.4 Å². The van der Waals surface area contributed by atoms with Crippen LogP contribution in [0.3, 0.4) is 0 Å². The van der Waals surface area contributed by atoms with Crippen molar-refractivity contribution in [1.82, 2.24) is 20.4 Å². The number of likely N-dealkylation sites (tertiary alicyclic amines) is 1. The van der Waals surface area contributed by atoms with E-state index < -0.39 is 0 Å². The Labute approximate surface area is 176 Å². The van der Waals surface area contributed by atoms with Crippen molar-refractivity contribution in [1.29, 1.82) is 0 Å². The lowest BCUT2D eigenvalue weighted by Gasteiger charge is -2.32. The lowest BCUT2D eigenvalue weighted by molar-refractivity contribution is -0.138. The van der Waals surface area contributed by atoms with E-state index in [1.54, 1.807) is 11.9 Å². The number of carbonyl (C=O) groups is 1. The number of nitrogens with one attached hydrogen (secondary N) is 2. The number of guanidine groups is 1. The minimum atomic E-state index is -0.260. The van der Waals surface area contributed by atoms with Crippen LogP contribution in [0.2, 0.25) is 0 Å². The van der Waals surface area contributed by atoms with Crippen molar-refractivity contribution in [3.63, 3.8) is 0 Å². The Morgan fingerprint density at radius 1 is 1.19 bits per heavy atom. The number of piperidine rings is 1. The molecule has 0 spiro atoms. The standard InChI is InChI=1S/C19H37N5O.HI/c1-16-7-12-24(13-8-16)14-11-21-18(20-2)22-15-19(9-5-6-10-19)17(25)23(3)4;/h16H,5-15H2,1-4H3,(H2,20,21,22);1H. The average Bonchev–Trinajstić information content (AvgIpc) is 3.08. The minimum Gasteiger partial charge on any atom is -0.355 e. The predicted molar refractivity (Wildman–Crippen MR) is 119 cm³/mol. The van der Waals surface area contributed by atoms with Crippen molar-refractivity contribution >= 4 is 35.8 Å². The summed E-state index contributed by atoms with van der Waals surface area (Å²) >= 11 is 0. The van der Waals surface area contributed by atoms with Gasteiger partial charge in [-0.25, -0.2) is 0 Å². The maximum Gasteiger partial charge on any atom is 0.230 e. The van der Waals surface area contributed by atoms with Crippen LogP contribution in [0.1, 0.15) is 45.4 Å². The molecule has 1 saturated heterocycles. The molecule has 2 fully saturated rings. The molecule has 6 nitrogen and oxygen atoms in total. The van der Waals surface area contributed by atoms with Gasteiger partial charge in [-0.2, -0.15) is 0 Å². The van der Waals surface area contributed by atoms with Crippen LogP contribution in [0, 0.1) is 11.3 Å². The first-order chi connectivity index (χ1) is 12.0. The van der Waals surface area contributed by atoms with Gasteiger partial charge in [0.05, 0.1) is 5.41 Å². The summed E-state index contributed by atoms with van der Waals surface area (Å²) in [5.41, 5.74) is -0.260. The zero-order valence-corrected chi connectivity index (χ0v) is 19.3. The molecule has 152 valence electrons. The SMILES string of the molecule is CN=C(NCCN1CCC(C)CC1)NCC1(C(=O)N(C)C)CCCC1.I. The summed E-state index contributed by atoms with van der Waals surface area (Å²) in [6.45, 7) is 7.36. The van der Waals surface area contributed by atoms with E-state index in [0.717, 1.165) is 50.7 Å². The van der Waals surface area contributed by atoms with Crippen molar-refractivity contribution in [2.75, 3.05) is 53.9 Å². The Bertz CT molecular complexity index is 455. The fourth-order valence-corrected chi connectivity index (χ4v) is 4.08. The Kier molecular flexibility index (Phi) is 10.2. The Balaban J connectivity index is 0.00000338. The van der Waals surface area contributed by atoms with Crippen LogP contribution in [-0.4, -0.2) is 75.5 Å². The smallest absolute Gasteiger partial charge is 0.230 e. The van der Waals surface area contributed by atoms with E-state index in [4.69, 9.17) is 0 Å². The highest BCUT2D eigenvalue weighted by atomic mass is 127. The number of hydrogen-bond donors (Lipinski definition) is 2. The summed E-state index contributed by atoms with van der Waals surface area (Å²) in [7, 11) is 5.51. The molecule has 1 amide bonds. The Morgan fingerprint density at radius 2 is 1.81 bits per heavy atom. The first kappa shape index (κ1) is 23.5. The molecule has 0 unspecified atom stereocenters. The van der Waals surface area contributed by atoms with E-state index in [-0.39, 0.29) is 35.3 Å². The molecule has 1 saturated carbocycles. The van der Waals surface area contributed by atoms with E-state index in [1.807, 2.05) is 14.1 Å². The van der Waals surface area contributed by atoms with Gasteiger partial charge >= 0.3 is 0 Å². The predicted octanol–water partition coefficient (Wildman–Crippen LogP) is 2.15. The number of amides is 1. The number of aliphatic imine (C=N–C) groups is 1. The van der Waals surface area contributed by atoms with E-state index in [1.165, 1.54) is 25.9 Å². The van der Waals surface area contributed by atoms with Crippen LogP contribution in [0.4, 0.5) is 0 Å². The molecule has 0 aromatic heterocycles. The minimum absolute atomic E-state index is 0. The van der Waals surface area contributed by atoms with Crippen molar-refractivity contribution in [3.05, 3.63) is 0 Å². The van der Waals surface area contributed by atoms with Gasteiger partial charge in [0.2, 0.25) is 5.91 Å². The highest BCUT2D eigenvalue weighted by molar-refractivity contribution is 14.0. The fraction of sp³-hybridized carbons (Fsp3) is 0.895. The molecule has 1 heterocycles. The third-order valence-electron chi connectivity index (χ3n) is 5.84. The number of halogens is 1. The summed E-state index contributed by atoms with van der Waals surface area (Å²) in [4.78, 5) is 21.2. The molecule has 0 radical (unpaired) electrons. The van der Waals surface area contributed by atoms with Crippen LogP contribution < -0.4 is 10.6 Å². The lowest BCUT2D eigenvalue weighted by Crippen LogP contribution is -2.50. The van der Waals surface area contributed by atoms with Crippen LogP contribution in [-0.2, 0) is 4.79 Å². The van der Waals surface area contributed by atoms with Gasteiger partial charge in [0.1, 0.15) is 0 Å². The molecule has 1 aliphatic carbocycles. The van der Waals surface area contributed by atoms with Gasteiger partial charge in [-0.3, -0.25) is 9.79 Å². The monoisotopic (exact) mass is 479 g/mol. The fourth-order valence-electron chi connectivity index (χ4n) is 4.08. The molecule has 2 N–H and O–H groups in total. The summed E-state index contributed by atoms with van der Waals surface area (Å²) in [5.74, 6) is 1.93. The van der Waals surface area contributed by atoms with E-state index in [9.17, 15) is 4.79 Å². The molecule has 26 heavy (non-hydrogen) atoms. The first-order valence-electron chi connectivity index (χ1n) is 9.85. The summed E-state index contributed by atoms with van der Waals surface area (Å²) in [5, 5.41) is 6.82. The zero-order valence-electron chi connectivity index (χ0n) is 17.0. The number of carbonyl (C=O) groups excluding carboxylic acids is 1. The maximum absolute atomic E-state index is 12.6. The van der Waals surface area contributed by atoms with Crippen LogP contribution in [0.25, 0.3) is 0 Å². The van der Waals surface area contributed by atoms with Gasteiger partial charge in [0.25, 0.3) is 0 Å². The number of nitrogens with zero attached hydrogens (tertiary/aromatic N) is 3. The summed E-state index contributed by atoms with van der Waals surface area (Å²) in [6, 6.07) is 0. The highest BCUT2D eigenvalue weighted by Gasteiger charge is 2.42. The van der Waals surface area contributed by atoms with Crippen molar-refractivity contribution in [2.24, 2.45) is 16.3 Å². The topological polar surface area (TPSA) is 60.0 Å². The number of hydrogen-bond acceptors (Lipinski definition) is 3. The molecule has 7 heteroatoms. The second-order valence-corrected chi connectivity index (χ2v) is 8.06. The highest BCUT2D eigenvalue weighted by Crippen LogP contribution is 2.38. The van der Waals surface area contributed by atoms with Gasteiger partial charge in [0.15, 0.2) is 5.96 Å². The van der Waals surface area contributed by atoms with Crippen LogP contribution in [0.5, 0.6) is 0 Å². The lowest BCUT2D eigenvalue weighted by atomic mass is 9.84. The van der Waals surface area contributed by atoms with Gasteiger partial charge in [-0.05, 0) is 44.7 Å². The summed E-state index contributed by atoms with van der Waals surface area (Å²) in [6.07, 6.45) is 6.84. The quantitative estimate of drug-likeness (QED) is 0.348. The normalized spacial score (nSPS) is 21.2. The molecule has 2 aliphatic rings. The van der Waals surface area contributed by atoms with Gasteiger partial charge in [0, 0.05) is 40.8 Å². The molecule has 2 rings (SSSR count). The Hall–Kier alpha value is -0.570. The van der Waals surface area contributed by atoms with Gasteiger partial charge < -0.3 is 20.4 Å². The third-order valence-corrected chi connectivity index (χ3v) is 5.84. The molecular weight excluding hydrogens is 441 g/mol. The second-order valence-electron chi connectivity index (χ2n) is 8.06. The van der Waals surface area contributed by atoms with E-state index in [2.05, 4.69) is 27.4 Å². The molecule has 0 atom stereocenters. The largest absolute Gasteiger partial charge is 0.355 e. The summed E-state index contributed by atoms with van der Waals surface area (Å²) < 4.78 is 0. The second kappa shape index (κ2) is 11.3. The molecule has 1 aliphatic heterocycles. The molecule has 0 aromatic carbocycles. The Morgan fingerprint density at radius 3 is 2.35 bits per heavy atom. The van der Waals surface area contributed by atoms with Crippen molar-refractivity contribution < 1.29 is 4.79 Å². The molecule has 0 aromatic rings. The molecular formula is C19H38IN5O. The van der Waals surface area contributed by atoms with E-state index in [0.29, 0.717) is 6.54 Å².